The molecule has 0 radical (unpaired) electrons. The van der Waals surface area contributed by atoms with Crippen molar-refractivity contribution in [3.05, 3.63) is 54.2 Å². The Hall–Kier alpha value is -2.56. The number of amides is 1. The topological polar surface area (TPSA) is 62.7 Å². The largest absolute Gasteiger partial charge is 0.352 e. The Labute approximate surface area is 129 Å². The molecule has 3 rings (SSSR count). The highest BCUT2D eigenvalue weighted by molar-refractivity contribution is 5.98. The standard InChI is InChI=1S/C17H20N4O/c1-12(2)21-8-6-13-9-14(3-4-16(13)21)17(22)19-7-5-15-10-18-11-20-15/h3-4,6,8-12H,5,7H2,1-2H3,(H,18,20)(H,19,22). The van der Waals surface area contributed by atoms with E-state index >= 15 is 0 Å². The first-order valence-corrected chi connectivity index (χ1v) is 7.51. The maximum Gasteiger partial charge on any atom is 0.251 e. The molecule has 0 fully saturated rings. The zero-order chi connectivity index (χ0) is 15.5. The lowest BCUT2D eigenvalue weighted by Gasteiger charge is -2.10. The third-order valence-corrected chi connectivity index (χ3v) is 3.77. The highest BCUT2D eigenvalue weighted by Crippen LogP contribution is 2.21. The number of carbonyl (C=O) groups excluding carboxylic acids is 1. The Morgan fingerprint density at radius 2 is 2.23 bits per heavy atom. The highest BCUT2D eigenvalue weighted by atomic mass is 16.1. The summed E-state index contributed by atoms with van der Waals surface area (Å²) in [7, 11) is 0. The number of benzene rings is 1. The number of hydrogen-bond donors (Lipinski definition) is 2. The number of aromatic amines is 1. The van der Waals surface area contributed by atoms with Crippen molar-refractivity contribution in [2.45, 2.75) is 26.3 Å². The van der Waals surface area contributed by atoms with Crippen molar-refractivity contribution >= 4 is 16.8 Å². The number of H-pyrrole nitrogens is 1. The van der Waals surface area contributed by atoms with Gasteiger partial charge in [0.15, 0.2) is 0 Å². The van der Waals surface area contributed by atoms with E-state index in [4.69, 9.17) is 0 Å². The summed E-state index contributed by atoms with van der Waals surface area (Å²) in [6.07, 6.45) is 6.23. The van der Waals surface area contributed by atoms with E-state index < -0.39 is 0 Å². The van der Waals surface area contributed by atoms with Crippen LogP contribution in [0.2, 0.25) is 0 Å². The van der Waals surface area contributed by atoms with Crippen molar-refractivity contribution in [1.29, 1.82) is 0 Å². The van der Waals surface area contributed by atoms with Crippen LogP contribution in [0.15, 0.2) is 43.0 Å². The predicted molar refractivity (Wildman–Crippen MR) is 86.9 cm³/mol. The first-order chi connectivity index (χ1) is 10.6. The van der Waals surface area contributed by atoms with Crippen LogP contribution in [0.4, 0.5) is 0 Å². The zero-order valence-electron chi connectivity index (χ0n) is 12.8. The number of carbonyl (C=O) groups is 1. The molecule has 0 bridgehead atoms. The number of aromatic nitrogens is 3. The number of fused-ring (bicyclic) bond motifs is 1. The summed E-state index contributed by atoms with van der Waals surface area (Å²) in [6, 6.07) is 8.30. The Kier molecular flexibility index (Phi) is 3.96. The molecule has 5 heteroatoms. The van der Waals surface area contributed by atoms with Gasteiger partial charge in [0, 0.05) is 53.6 Å². The van der Waals surface area contributed by atoms with Gasteiger partial charge >= 0.3 is 0 Å². The number of imidazole rings is 1. The molecule has 2 heterocycles. The van der Waals surface area contributed by atoms with Crippen LogP contribution in [0, 0.1) is 0 Å². The summed E-state index contributed by atoms with van der Waals surface area (Å²) in [4.78, 5) is 19.2. The van der Waals surface area contributed by atoms with Crippen molar-refractivity contribution in [1.82, 2.24) is 19.9 Å². The second kappa shape index (κ2) is 6.05. The van der Waals surface area contributed by atoms with E-state index in [1.165, 1.54) is 0 Å². The predicted octanol–water partition coefficient (Wildman–Crippen LogP) is 2.92. The van der Waals surface area contributed by atoms with Crippen LogP contribution in [0.5, 0.6) is 0 Å². The summed E-state index contributed by atoms with van der Waals surface area (Å²) in [5, 5.41) is 4.03. The van der Waals surface area contributed by atoms with Gasteiger partial charge in [0.1, 0.15) is 0 Å². The normalized spacial score (nSPS) is 11.2. The minimum Gasteiger partial charge on any atom is -0.352 e. The van der Waals surface area contributed by atoms with Crippen LogP contribution >= 0.6 is 0 Å². The number of rotatable bonds is 5. The highest BCUT2D eigenvalue weighted by Gasteiger charge is 2.09. The third kappa shape index (κ3) is 2.88. The monoisotopic (exact) mass is 296 g/mol. The lowest BCUT2D eigenvalue weighted by Crippen LogP contribution is -2.25. The molecule has 0 aliphatic carbocycles. The molecule has 0 spiro atoms. The Bertz CT molecular complexity index is 771. The molecular weight excluding hydrogens is 276 g/mol. The third-order valence-electron chi connectivity index (χ3n) is 3.77. The molecule has 2 aromatic heterocycles. The van der Waals surface area contributed by atoms with Crippen LogP contribution < -0.4 is 5.32 Å². The minimum absolute atomic E-state index is 0.0429. The molecule has 1 amide bonds. The first kappa shape index (κ1) is 14.4. The van der Waals surface area contributed by atoms with Crippen molar-refractivity contribution in [3.8, 4) is 0 Å². The van der Waals surface area contributed by atoms with E-state index in [2.05, 4.69) is 46.0 Å². The van der Waals surface area contributed by atoms with Gasteiger partial charge in [0.25, 0.3) is 5.91 Å². The second-order valence-electron chi connectivity index (χ2n) is 5.67. The maximum atomic E-state index is 12.2. The van der Waals surface area contributed by atoms with E-state index in [0.717, 1.165) is 23.0 Å². The molecule has 5 nitrogen and oxygen atoms in total. The van der Waals surface area contributed by atoms with E-state index in [1.807, 2.05) is 18.2 Å². The van der Waals surface area contributed by atoms with Crippen LogP contribution in [-0.2, 0) is 6.42 Å². The molecule has 0 atom stereocenters. The van der Waals surface area contributed by atoms with Crippen molar-refractivity contribution in [2.75, 3.05) is 6.54 Å². The summed E-state index contributed by atoms with van der Waals surface area (Å²) < 4.78 is 2.20. The maximum absolute atomic E-state index is 12.2. The lowest BCUT2D eigenvalue weighted by atomic mass is 10.1. The van der Waals surface area contributed by atoms with Crippen LogP contribution in [0.25, 0.3) is 10.9 Å². The first-order valence-electron chi connectivity index (χ1n) is 7.51. The van der Waals surface area contributed by atoms with Crippen molar-refractivity contribution < 1.29 is 4.79 Å². The summed E-state index contributed by atoms with van der Waals surface area (Å²) in [5.74, 6) is -0.0429. The molecule has 22 heavy (non-hydrogen) atoms. The van der Waals surface area contributed by atoms with Crippen LogP contribution in [0.1, 0.15) is 35.9 Å². The smallest absolute Gasteiger partial charge is 0.251 e. The summed E-state index contributed by atoms with van der Waals surface area (Å²) in [5.41, 5.74) is 2.87. The fourth-order valence-electron chi connectivity index (χ4n) is 2.59. The molecule has 0 saturated heterocycles. The molecule has 0 unspecified atom stereocenters. The van der Waals surface area contributed by atoms with Crippen LogP contribution in [0.3, 0.4) is 0 Å². The molecule has 114 valence electrons. The summed E-state index contributed by atoms with van der Waals surface area (Å²) in [6.45, 7) is 4.89. The SMILES string of the molecule is CC(C)n1ccc2cc(C(=O)NCCc3cnc[nH]3)ccc21. The molecule has 2 N–H and O–H groups in total. The summed E-state index contributed by atoms with van der Waals surface area (Å²) >= 11 is 0. The van der Waals surface area contributed by atoms with Crippen LogP contribution in [-0.4, -0.2) is 27.0 Å². The quantitative estimate of drug-likeness (QED) is 0.760. The Morgan fingerprint density at radius 3 is 2.95 bits per heavy atom. The van der Waals surface area contributed by atoms with Gasteiger partial charge in [-0.3, -0.25) is 4.79 Å². The number of hydrogen-bond acceptors (Lipinski definition) is 2. The fraction of sp³-hybridized carbons (Fsp3) is 0.294. The van der Waals surface area contributed by atoms with Gasteiger partial charge in [0.2, 0.25) is 0 Å². The molecular formula is C17H20N4O. The van der Waals surface area contributed by atoms with Gasteiger partial charge in [-0.05, 0) is 38.1 Å². The van der Waals surface area contributed by atoms with Gasteiger partial charge in [-0.1, -0.05) is 0 Å². The van der Waals surface area contributed by atoms with E-state index in [0.29, 0.717) is 18.2 Å². The van der Waals surface area contributed by atoms with Gasteiger partial charge in [-0.15, -0.1) is 0 Å². The molecule has 1 aromatic carbocycles. The van der Waals surface area contributed by atoms with E-state index in [1.54, 1.807) is 12.5 Å². The van der Waals surface area contributed by atoms with Gasteiger partial charge in [0.05, 0.1) is 6.33 Å². The molecule has 0 aliphatic rings. The fourth-order valence-corrected chi connectivity index (χ4v) is 2.59. The van der Waals surface area contributed by atoms with E-state index in [9.17, 15) is 4.79 Å². The number of nitrogens with zero attached hydrogens (tertiary/aromatic N) is 2. The zero-order valence-corrected chi connectivity index (χ0v) is 12.8. The molecule has 0 saturated carbocycles. The Balaban J connectivity index is 1.68. The van der Waals surface area contributed by atoms with Crippen molar-refractivity contribution in [3.63, 3.8) is 0 Å². The van der Waals surface area contributed by atoms with Gasteiger partial charge < -0.3 is 14.9 Å². The average Bonchev–Trinajstić information content (AvgIpc) is 3.15. The molecule has 3 aromatic rings. The van der Waals surface area contributed by atoms with E-state index in [-0.39, 0.29) is 5.91 Å². The average molecular weight is 296 g/mol. The second-order valence-corrected chi connectivity index (χ2v) is 5.67. The lowest BCUT2D eigenvalue weighted by molar-refractivity contribution is 0.0954. The Morgan fingerprint density at radius 1 is 1.36 bits per heavy atom. The van der Waals surface area contributed by atoms with Crippen molar-refractivity contribution in [2.24, 2.45) is 0 Å². The number of nitrogens with one attached hydrogen (secondary N) is 2. The van der Waals surface area contributed by atoms with Gasteiger partial charge in [-0.25, -0.2) is 4.98 Å². The van der Waals surface area contributed by atoms with Gasteiger partial charge in [-0.2, -0.15) is 0 Å². The molecule has 0 aliphatic heterocycles. The minimum atomic E-state index is -0.0429.